The monoisotopic (exact) mass is 506 g/mol. The Bertz CT molecular complexity index is 1410. The highest BCUT2D eigenvalue weighted by Gasteiger charge is 2.36. The van der Waals surface area contributed by atoms with Crippen LogP contribution in [0.4, 0.5) is 10.5 Å². The highest BCUT2D eigenvalue weighted by atomic mass is 32.2. The zero-order valence-electron chi connectivity index (χ0n) is 18.7. The molecule has 2 aromatic carbocycles. The fraction of sp³-hybridized carbons (Fsp3) is 0.0800. The van der Waals surface area contributed by atoms with Gasteiger partial charge in [-0.25, -0.2) is 9.59 Å². The van der Waals surface area contributed by atoms with E-state index in [2.05, 4.69) is 5.32 Å². The second-order valence-electron chi connectivity index (χ2n) is 7.79. The van der Waals surface area contributed by atoms with Gasteiger partial charge in [0.25, 0.3) is 11.1 Å². The number of nitrogens with one attached hydrogen (secondary N) is 1. The summed E-state index contributed by atoms with van der Waals surface area (Å²) in [5.41, 5.74) is 1.31. The Hall–Kier alpha value is -4.64. The molecule has 3 aromatic rings. The molecule has 0 atom stereocenters. The molecule has 0 aliphatic carbocycles. The highest BCUT2D eigenvalue weighted by molar-refractivity contribution is 8.18. The predicted molar refractivity (Wildman–Crippen MR) is 131 cm³/mol. The average Bonchev–Trinajstić information content (AvgIpc) is 3.40. The Labute approximate surface area is 208 Å². The number of hydrogen-bond acceptors (Lipinski definition) is 7. The maximum absolute atomic E-state index is 12.7. The van der Waals surface area contributed by atoms with E-state index in [0.29, 0.717) is 17.4 Å². The maximum atomic E-state index is 12.7. The molecule has 3 N–H and O–H groups in total. The first-order valence-electron chi connectivity index (χ1n) is 10.4. The molecule has 36 heavy (non-hydrogen) atoms. The lowest BCUT2D eigenvalue weighted by molar-refractivity contribution is -0.127. The number of benzene rings is 2. The Balaban J connectivity index is 1.50. The molecule has 0 unspecified atom stereocenters. The third-order valence-corrected chi connectivity index (χ3v) is 6.03. The summed E-state index contributed by atoms with van der Waals surface area (Å²) in [5.74, 6) is -3.45. The molecule has 0 bridgehead atoms. The number of carbonyl (C=O) groups is 5. The number of carboxylic acids is 2. The van der Waals surface area contributed by atoms with E-state index in [1.165, 1.54) is 30.3 Å². The molecule has 182 valence electrons. The zero-order chi connectivity index (χ0) is 26.0. The topological polar surface area (TPSA) is 154 Å². The number of carbonyl (C=O) groups excluding carboxylic acids is 3. The first-order valence-corrected chi connectivity index (χ1v) is 11.3. The predicted octanol–water partition coefficient (Wildman–Crippen LogP) is 4.33. The first-order chi connectivity index (χ1) is 17.1. The van der Waals surface area contributed by atoms with E-state index < -0.39 is 35.5 Å². The summed E-state index contributed by atoms with van der Waals surface area (Å²) in [5, 5.41) is 20.5. The van der Waals surface area contributed by atoms with Gasteiger partial charge in [-0.1, -0.05) is 17.7 Å². The van der Waals surface area contributed by atoms with Gasteiger partial charge in [0.1, 0.15) is 18.1 Å². The van der Waals surface area contributed by atoms with Gasteiger partial charge in [0, 0.05) is 17.3 Å². The molecule has 11 heteroatoms. The quantitative estimate of drug-likeness (QED) is 0.397. The second-order valence-corrected chi connectivity index (χ2v) is 8.79. The molecular weight excluding hydrogens is 488 g/mol. The van der Waals surface area contributed by atoms with Crippen molar-refractivity contribution in [3.63, 3.8) is 0 Å². The lowest BCUT2D eigenvalue weighted by Crippen LogP contribution is -2.36. The van der Waals surface area contributed by atoms with Crippen LogP contribution in [0.5, 0.6) is 0 Å². The minimum Gasteiger partial charge on any atom is -0.478 e. The molecule has 4 rings (SSSR count). The Morgan fingerprint density at radius 2 is 1.61 bits per heavy atom. The highest BCUT2D eigenvalue weighted by Crippen LogP contribution is 2.33. The summed E-state index contributed by atoms with van der Waals surface area (Å²) >= 11 is 0.648. The summed E-state index contributed by atoms with van der Waals surface area (Å²) in [6, 6.07) is 13.6. The van der Waals surface area contributed by atoms with E-state index in [-0.39, 0.29) is 33.1 Å². The molecule has 1 aliphatic rings. The third-order valence-electron chi connectivity index (χ3n) is 5.12. The smallest absolute Gasteiger partial charge is 0.335 e. The second kappa shape index (κ2) is 9.92. The number of amides is 3. The van der Waals surface area contributed by atoms with Gasteiger partial charge in [0.05, 0.1) is 16.0 Å². The molecular formula is C25H18N2O8S. The van der Waals surface area contributed by atoms with Gasteiger partial charge in [0.2, 0.25) is 5.91 Å². The molecule has 0 radical (unpaired) electrons. The summed E-state index contributed by atoms with van der Waals surface area (Å²) in [7, 11) is 0. The number of anilines is 1. The van der Waals surface area contributed by atoms with Gasteiger partial charge in [0.15, 0.2) is 0 Å². The number of furan rings is 1. The first kappa shape index (κ1) is 24.5. The van der Waals surface area contributed by atoms with Crippen molar-refractivity contribution >= 4 is 52.5 Å². The largest absolute Gasteiger partial charge is 0.478 e. The van der Waals surface area contributed by atoms with Crippen molar-refractivity contribution in [2.45, 2.75) is 6.92 Å². The average molecular weight is 506 g/mol. The van der Waals surface area contributed by atoms with Gasteiger partial charge >= 0.3 is 11.9 Å². The summed E-state index contributed by atoms with van der Waals surface area (Å²) < 4.78 is 5.65. The number of hydrogen-bond donors (Lipinski definition) is 3. The number of carboxylic acid groups (broad SMARTS) is 2. The van der Waals surface area contributed by atoms with Crippen molar-refractivity contribution in [3.8, 4) is 11.3 Å². The summed E-state index contributed by atoms with van der Waals surface area (Å²) in [6.07, 6.45) is 1.32. The molecule has 0 spiro atoms. The van der Waals surface area contributed by atoms with Crippen LogP contribution in [-0.2, 0) is 9.59 Å². The van der Waals surface area contributed by atoms with Crippen molar-refractivity contribution in [3.05, 3.63) is 82.0 Å². The number of aromatic carboxylic acids is 2. The standard InChI is InChI=1S/C25H18N2O8S/c1-13-2-4-17(5-3-13)26-21(28)12-27-22(29)20(36-25(27)34)11-18-6-7-19(35-18)14-8-15(23(30)31)10-16(9-14)24(32)33/h2-11H,12H2,1H3,(H,26,28)(H,30,31)(H,32,33)/b20-11+. The molecule has 2 heterocycles. The summed E-state index contributed by atoms with van der Waals surface area (Å²) in [6.45, 7) is 1.44. The third kappa shape index (κ3) is 5.36. The van der Waals surface area contributed by atoms with Crippen LogP contribution in [0.15, 0.2) is 63.9 Å². The minimum atomic E-state index is -1.30. The van der Waals surface area contributed by atoms with Gasteiger partial charge in [-0.3, -0.25) is 19.3 Å². The molecule has 3 amide bonds. The molecule has 1 aliphatic heterocycles. The Morgan fingerprint density at radius 3 is 2.22 bits per heavy atom. The van der Waals surface area contributed by atoms with Crippen LogP contribution in [0.1, 0.15) is 32.0 Å². The van der Waals surface area contributed by atoms with Crippen LogP contribution < -0.4 is 5.32 Å². The van der Waals surface area contributed by atoms with Gasteiger partial charge in [-0.2, -0.15) is 0 Å². The number of aryl methyl sites for hydroxylation is 1. The van der Waals surface area contributed by atoms with Crippen molar-refractivity contribution in [2.75, 3.05) is 11.9 Å². The SMILES string of the molecule is Cc1ccc(NC(=O)CN2C(=O)S/C(=C/c3ccc(-c4cc(C(=O)O)cc(C(=O)O)c4)o3)C2=O)cc1. The number of thioether (sulfide) groups is 1. The summed E-state index contributed by atoms with van der Waals surface area (Å²) in [4.78, 5) is 61.0. The Kier molecular flexibility index (Phi) is 6.75. The van der Waals surface area contributed by atoms with Crippen LogP contribution in [0.3, 0.4) is 0 Å². The molecule has 10 nitrogen and oxygen atoms in total. The van der Waals surface area contributed by atoms with E-state index in [4.69, 9.17) is 4.42 Å². The fourth-order valence-electron chi connectivity index (χ4n) is 3.35. The van der Waals surface area contributed by atoms with Crippen LogP contribution in [-0.4, -0.2) is 50.6 Å². The zero-order valence-corrected chi connectivity index (χ0v) is 19.5. The van der Waals surface area contributed by atoms with E-state index in [9.17, 15) is 34.2 Å². The van der Waals surface area contributed by atoms with E-state index >= 15 is 0 Å². The maximum Gasteiger partial charge on any atom is 0.335 e. The number of nitrogens with zero attached hydrogens (tertiary/aromatic N) is 1. The Morgan fingerprint density at radius 1 is 0.972 bits per heavy atom. The van der Waals surface area contributed by atoms with Gasteiger partial charge < -0.3 is 19.9 Å². The molecule has 1 aromatic heterocycles. The van der Waals surface area contributed by atoms with Crippen LogP contribution in [0.2, 0.25) is 0 Å². The van der Waals surface area contributed by atoms with Crippen LogP contribution in [0, 0.1) is 6.92 Å². The van der Waals surface area contributed by atoms with Gasteiger partial charge in [-0.05, 0) is 61.2 Å². The van der Waals surface area contributed by atoms with E-state index in [1.807, 2.05) is 19.1 Å². The normalized spacial score (nSPS) is 14.4. The van der Waals surface area contributed by atoms with Crippen LogP contribution >= 0.6 is 11.8 Å². The van der Waals surface area contributed by atoms with Crippen molar-refractivity contribution in [1.82, 2.24) is 4.90 Å². The lowest BCUT2D eigenvalue weighted by Gasteiger charge is -2.12. The molecule has 0 saturated carbocycles. The van der Waals surface area contributed by atoms with E-state index in [1.54, 1.807) is 12.1 Å². The molecule has 1 saturated heterocycles. The van der Waals surface area contributed by atoms with Crippen LogP contribution in [0.25, 0.3) is 17.4 Å². The fourth-order valence-corrected chi connectivity index (χ4v) is 4.17. The number of rotatable bonds is 7. The minimum absolute atomic E-state index is 0.0366. The van der Waals surface area contributed by atoms with Crippen molar-refractivity contribution < 1.29 is 38.6 Å². The van der Waals surface area contributed by atoms with Crippen molar-refractivity contribution in [1.29, 1.82) is 0 Å². The van der Waals surface area contributed by atoms with E-state index in [0.717, 1.165) is 16.5 Å². The van der Waals surface area contributed by atoms with Crippen molar-refractivity contribution in [2.24, 2.45) is 0 Å². The molecule has 1 fully saturated rings. The number of imide groups is 1. The lowest BCUT2D eigenvalue weighted by atomic mass is 10.0. The van der Waals surface area contributed by atoms with Gasteiger partial charge in [-0.15, -0.1) is 0 Å².